The van der Waals surface area contributed by atoms with Gasteiger partial charge < -0.3 is 20.8 Å². The first-order chi connectivity index (χ1) is 15.2. The summed E-state index contributed by atoms with van der Waals surface area (Å²) in [6.07, 6.45) is -0.356. The number of hydrogen-bond donors (Lipinski definition) is 4. The number of carboxylic acid groups (broad SMARTS) is 1. The van der Waals surface area contributed by atoms with Crippen LogP contribution in [0.4, 0.5) is 11.4 Å². The van der Waals surface area contributed by atoms with Gasteiger partial charge in [0.2, 0.25) is 5.91 Å². The number of carbonyl (C=O) groups is 3. The molecule has 10 nitrogen and oxygen atoms in total. The van der Waals surface area contributed by atoms with Gasteiger partial charge in [0.25, 0.3) is 5.91 Å². The van der Waals surface area contributed by atoms with Gasteiger partial charge in [-0.25, -0.2) is 0 Å². The fourth-order valence-electron chi connectivity index (χ4n) is 2.70. The van der Waals surface area contributed by atoms with Crippen LogP contribution in [0.5, 0.6) is 5.75 Å². The minimum absolute atomic E-state index is 0.116. The number of hydrogen-bond acceptors (Lipinski definition) is 7. The highest BCUT2D eigenvalue weighted by Gasteiger charge is 2.09. The number of carbonyl (C=O) groups excluding carboxylic acids is 2. The summed E-state index contributed by atoms with van der Waals surface area (Å²) in [5.74, 6) is -1.58. The van der Waals surface area contributed by atoms with Crippen LogP contribution in [0.2, 0.25) is 0 Å². The zero-order valence-corrected chi connectivity index (χ0v) is 17.3. The number of phenolic OH excluding ortho intramolecular Hbond substituents is 1. The monoisotopic (exact) mass is 458 g/mol. The maximum absolute atomic E-state index is 12.4. The summed E-state index contributed by atoms with van der Waals surface area (Å²) in [7, 11) is -3.11. The second-order valence-electron chi connectivity index (χ2n) is 6.39. The molecule has 0 spiro atoms. The first-order valence-corrected chi connectivity index (χ1v) is 10.1. The molecule has 0 heterocycles. The topological polar surface area (TPSA) is 167 Å². The molecule has 0 radical (unpaired) electrons. The Hall–Kier alpha value is -4.25. The number of carboxylic acids is 1. The lowest BCUT2D eigenvalue weighted by Crippen LogP contribution is -2.14. The molecule has 2 amide bonds. The quantitative estimate of drug-likeness (QED) is 0.437. The van der Waals surface area contributed by atoms with E-state index in [1.54, 1.807) is 54.6 Å². The van der Waals surface area contributed by atoms with Crippen LogP contribution in [0.1, 0.15) is 23.2 Å². The van der Waals surface area contributed by atoms with Crippen molar-refractivity contribution in [3.05, 3.63) is 66.2 Å². The predicted octanol–water partition coefficient (Wildman–Crippen LogP) is 2.60. The van der Waals surface area contributed by atoms with Gasteiger partial charge in [-0.2, -0.15) is 0 Å². The molecule has 0 saturated carbocycles. The lowest BCUT2D eigenvalue weighted by atomic mass is 10.1. The largest absolute Gasteiger partial charge is 0.507 e. The third kappa shape index (κ3) is 7.54. The van der Waals surface area contributed by atoms with Gasteiger partial charge in [-0.1, -0.05) is 12.1 Å². The first-order valence-electron chi connectivity index (χ1n) is 9.07. The van der Waals surface area contributed by atoms with Crippen molar-refractivity contribution >= 4 is 50.5 Å². The molecule has 0 atom stereocenters. The van der Waals surface area contributed by atoms with Gasteiger partial charge in [-0.15, -0.1) is 12.6 Å². The number of aromatic hydroxyl groups is 1. The molecule has 32 heavy (non-hydrogen) atoms. The van der Waals surface area contributed by atoms with Crippen LogP contribution in [0.25, 0.3) is 10.8 Å². The van der Waals surface area contributed by atoms with Crippen LogP contribution in [0.15, 0.2) is 60.7 Å². The van der Waals surface area contributed by atoms with E-state index in [4.69, 9.17) is 17.7 Å². The van der Waals surface area contributed by atoms with Gasteiger partial charge in [-0.3, -0.25) is 14.4 Å². The van der Waals surface area contributed by atoms with Gasteiger partial charge in [0.05, 0.1) is 6.42 Å². The SMILES string of the molecule is O=C(O)CCC(=O)Nc1ccc(C(=O)Nc2ccc3c(O)cccc3c2)cc1.O=S(=O)=O. The number of anilines is 2. The molecular weight excluding hydrogens is 440 g/mol. The first kappa shape index (κ1) is 24.0. The maximum atomic E-state index is 12.4. The molecule has 0 unspecified atom stereocenters. The van der Waals surface area contributed by atoms with Crippen molar-refractivity contribution in [2.24, 2.45) is 0 Å². The number of fused-ring (bicyclic) bond motifs is 1. The van der Waals surface area contributed by atoms with Crippen molar-refractivity contribution in [2.45, 2.75) is 12.8 Å². The molecule has 0 saturated heterocycles. The Morgan fingerprint density at radius 1 is 0.812 bits per heavy atom. The molecule has 0 bridgehead atoms. The number of phenols is 1. The molecule has 166 valence electrons. The average molecular weight is 458 g/mol. The van der Waals surface area contributed by atoms with Crippen LogP contribution in [-0.4, -0.2) is 40.6 Å². The molecule has 0 aliphatic carbocycles. The number of aliphatic carboxylic acids is 1. The number of amides is 2. The highest BCUT2D eigenvalue weighted by Crippen LogP contribution is 2.27. The molecule has 0 fully saturated rings. The fourth-order valence-corrected chi connectivity index (χ4v) is 2.70. The third-order valence-corrected chi connectivity index (χ3v) is 4.11. The van der Waals surface area contributed by atoms with E-state index in [1.165, 1.54) is 0 Å². The molecule has 3 aromatic rings. The molecule has 0 aliphatic heterocycles. The van der Waals surface area contributed by atoms with Gasteiger partial charge in [0, 0.05) is 28.7 Å². The number of rotatable bonds is 6. The van der Waals surface area contributed by atoms with Crippen molar-refractivity contribution in [1.82, 2.24) is 0 Å². The lowest BCUT2D eigenvalue weighted by Gasteiger charge is -2.09. The Labute approximate surface area is 183 Å². The Kier molecular flexibility index (Phi) is 8.43. The summed E-state index contributed by atoms with van der Waals surface area (Å²) < 4.78 is 25.3. The lowest BCUT2D eigenvalue weighted by molar-refractivity contribution is -0.138. The second-order valence-corrected chi connectivity index (χ2v) is 6.80. The third-order valence-electron chi connectivity index (χ3n) is 4.11. The van der Waals surface area contributed by atoms with Gasteiger partial charge in [0.15, 0.2) is 0 Å². The van der Waals surface area contributed by atoms with E-state index < -0.39 is 22.5 Å². The molecule has 0 aliphatic rings. The van der Waals surface area contributed by atoms with Crippen molar-refractivity contribution < 1.29 is 37.2 Å². The average Bonchev–Trinajstić information content (AvgIpc) is 2.72. The number of nitrogens with one attached hydrogen (secondary N) is 2. The van der Waals surface area contributed by atoms with E-state index in [-0.39, 0.29) is 24.5 Å². The van der Waals surface area contributed by atoms with Crippen LogP contribution in [-0.2, 0) is 20.2 Å². The van der Waals surface area contributed by atoms with E-state index >= 15 is 0 Å². The van der Waals surface area contributed by atoms with Crippen LogP contribution >= 0.6 is 0 Å². The van der Waals surface area contributed by atoms with Crippen molar-refractivity contribution in [3.63, 3.8) is 0 Å². The summed E-state index contributed by atoms with van der Waals surface area (Å²) in [6.45, 7) is 0. The molecule has 3 aromatic carbocycles. The van der Waals surface area contributed by atoms with E-state index in [9.17, 15) is 19.5 Å². The summed E-state index contributed by atoms with van der Waals surface area (Å²) in [5.41, 5.74) is 1.47. The Morgan fingerprint density at radius 2 is 1.44 bits per heavy atom. The second kappa shape index (κ2) is 11.2. The zero-order valence-electron chi connectivity index (χ0n) is 16.4. The van der Waals surface area contributed by atoms with Gasteiger partial charge >= 0.3 is 16.6 Å². The van der Waals surface area contributed by atoms with Gasteiger partial charge in [0.1, 0.15) is 5.75 Å². The normalized spacial score (nSPS) is 9.88. The number of benzene rings is 3. The van der Waals surface area contributed by atoms with E-state index in [1.807, 2.05) is 6.07 Å². The highest BCUT2D eigenvalue weighted by molar-refractivity contribution is 7.59. The minimum atomic E-state index is -3.11. The Balaban J connectivity index is 0.000000837. The van der Waals surface area contributed by atoms with E-state index in [0.29, 0.717) is 22.3 Å². The van der Waals surface area contributed by atoms with Crippen LogP contribution in [0, 0.1) is 0 Å². The standard InChI is InChI=1S/C21H18N2O5.O3S/c24-18-3-1-2-14-12-16(8-9-17(14)18)23-21(28)13-4-6-15(7-5-13)22-19(25)10-11-20(26)27;1-4(2)3/h1-9,12,24H,10-11H2,(H,22,25)(H,23,28)(H,26,27);. The van der Waals surface area contributed by atoms with Gasteiger partial charge in [-0.05, 0) is 53.9 Å². The fraction of sp³-hybridized carbons (Fsp3) is 0.0952. The van der Waals surface area contributed by atoms with E-state index in [0.717, 1.165) is 5.39 Å². The van der Waals surface area contributed by atoms with Crippen LogP contribution in [0.3, 0.4) is 0 Å². The summed E-state index contributed by atoms with van der Waals surface area (Å²) in [5, 5.41) is 25.3. The molecule has 3 rings (SSSR count). The van der Waals surface area contributed by atoms with Crippen LogP contribution < -0.4 is 10.6 Å². The highest BCUT2D eigenvalue weighted by atomic mass is 32.2. The summed E-state index contributed by atoms with van der Waals surface area (Å²) >= 11 is 0. The maximum Gasteiger partial charge on any atom is 0.425 e. The molecular formula is C21H18N2O8S. The molecule has 11 heteroatoms. The Morgan fingerprint density at radius 3 is 2.06 bits per heavy atom. The summed E-state index contributed by atoms with van der Waals surface area (Å²) in [4.78, 5) is 34.5. The van der Waals surface area contributed by atoms with Crippen molar-refractivity contribution in [3.8, 4) is 5.75 Å². The van der Waals surface area contributed by atoms with Crippen molar-refractivity contribution in [2.75, 3.05) is 10.6 Å². The summed E-state index contributed by atoms with van der Waals surface area (Å²) in [6, 6.07) is 16.7. The van der Waals surface area contributed by atoms with Crippen molar-refractivity contribution in [1.29, 1.82) is 0 Å². The predicted molar refractivity (Wildman–Crippen MR) is 115 cm³/mol. The molecule has 4 N–H and O–H groups in total. The van der Waals surface area contributed by atoms with E-state index in [2.05, 4.69) is 10.6 Å². The molecule has 0 aromatic heterocycles. The minimum Gasteiger partial charge on any atom is -0.507 e. The zero-order chi connectivity index (χ0) is 23.7. The smallest absolute Gasteiger partial charge is 0.425 e. The Bertz CT molecular complexity index is 1250.